The topological polar surface area (TPSA) is 152 Å². The highest BCUT2D eigenvalue weighted by atomic mass is 35.5. The third-order valence-electron chi connectivity index (χ3n) is 13.3. The second-order valence-electron chi connectivity index (χ2n) is 16.8. The minimum absolute atomic E-state index is 0.0747. The zero-order valence-electron chi connectivity index (χ0n) is 32.6. The van der Waals surface area contributed by atoms with Gasteiger partial charge in [-0.1, -0.05) is 23.4 Å². The molecule has 5 atom stereocenters. The number of benzene rings is 3. The molecule has 2 N–H and O–H groups in total. The number of fused-ring (bicyclic) bond motifs is 2. The number of nitriles is 1. The fourth-order valence-electron chi connectivity index (χ4n) is 9.72. The van der Waals surface area contributed by atoms with Gasteiger partial charge in [-0.3, -0.25) is 34.2 Å². The summed E-state index contributed by atoms with van der Waals surface area (Å²) in [5.41, 5.74) is 3.40. The van der Waals surface area contributed by atoms with Crippen molar-refractivity contribution in [1.29, 1.82) is 5.26 Å². The smallest absolute Gasteiger partial charge is 0.262 e. The van der Waals surface area contributed by atoms with Gasteiger partial charge in [-0.15, -0.1) is 0 Å². The van der Waals surface area contributed by atoms with E-state index in [-0.39, 0.29) is 30.9 Å². The average molecular weight is 813 g/mol. The Bertz CT molecular complexity index is 2320. The number of hydrogen-bond donors (Lipinski definition) is 2. The lowest BCUT2D eigenvalue weighted by Crippen LogP contribution is -2.69. The number of piperidine rings is 3. The van der Waals surface area contributed by atoms with Gasteiger partial charge in [-0.05, 0) is 124 Å². The highest BCUT2D eigenvalue weighted by Gasteiger charge is 2.57. The van der Waals surface area contributed by atoms with Crippen LogP contribution in [0.2, 0.25) is 5.02 Å². The molecular formula is C46H45ClN6O6. The highest BCUT2D eigenvalue weighted by Crippen LogP contribution is 2.52. The Balaban J connectivity index is 0.714. The van der Waals surface area contributed by atoms with Crippen LogP contribution in [-0.4, -0.2) is 90.2 Å². The van der Waals surface area contributed by atoms with Crippen molar-refractivity contribution in [3.05, 3.63) is 93.5 Å². The number of anilines is 1. The van der Waals surface area contributed by atoms with Crippen LogP contribution in [0.5, 0.6) is 5.75 Å². The van der Waals surface area contributed by atoms with E-state index in [1.54, 1.807) is 30.3 Å². The maximum atomic E-state index is 13.3. The van der Waals surface area contributed by atoms with E-state index in [9.17, 15) is 29.2 Å². The zero-order valence-corrected chi connectivity index (χ0v) is 33.4. The first kappa shape index (κ1) is 38.8. The molecule has 0 radical (unpaired) electrons. The molecule has 2 aliphatic carbocycles. The second-order valence-corrected chi connectivity index (χ2v) is 17.2. The van der Waals surface area contributed by atoms with Gasteiger partial charge >= 0.3 is 0 Å². The lowest BCUT2D eigenvalue weighted by molar-refractivity contribution is -0.136. The fraction of sp³-hybridized carbons (Fsp3) is 0.435. The minimum Gasteiger partial charge on any atom is -0.488 e. The first-order valence-electron chi connectivity index (χ1n) is 20.7. The number of carbonyl (C=O) groups is 5. The molecule has 5 amide bonds. The molecule has 0 bridgehead atoms. The van der Waals surface area contributed by atoms with E-state index in [1.807, 2.05) is 30.3 Å². The summed E-state index contributed by atoms with van der Waals surface area (Å²) in [6.07, 6.45) is 6.36. The first-order valence-corrected chi connectivity index (χ1v) is 21.1. The number of likely N-dealkylation sites (tertiary alicyclic amines) is 1. The van der Waals surface area contributed by atoms with E-state index in [2.05, 4.69) is 38.3 Å². The van der Waals surface area contributed by atoms with E-state index in [0.717, 1.165) is 87.4 Å². The Morgan fingerprint density at radius 1 is 0.847 bits per heavy atom. The van der Waals surface area contributed by atoms with Crippen LogP contribution in [0.25, 0.3) is 0 Å². The standard InChI is InChI=1S/C46H45ClN6O6/c47-38-24-33(9-7-31(38)25-48)59-42-35-12-11-34(35)41(42)50-43(55)30-5-3-27(4-6-30)1-2-28-15-19-51(20-16-28)26-29-17-21-52(22-18-29)32-8-10-36-37(23-32)46(58)53(45(36)57)39-13-14-40(54)49-44(39)56/h3-10,23-24,28-29,34-35,39,41-42H,11-22,26H2,(H,50,55)(H,49,54,56). The van der Waals surface area contributed by atoms with Gasteiger partial charge in [0.05, 0.1) is 27.8 Å². The van der Waals surface area contributed by atoms with Crippen LogP contribution < -0.4 is 20.3 Å². The van der Waals surface area contributed by atoms with E-state index in [1.165, 1.54) is 0 Å². The van der Waals surface area contributed by atoms with Gasteiger partial charge in [0.15, 0.2) is 0 Å². The molecular weight excluding hydrogens is 768 g/mol. The van der Waals surface area contributed by atoms with Crippen molar-refractivity contribution in [2.45, 2.75) is 69.6 Å². The molecule has 59 heavy (non-hydrogen) atoms. The number of hydrogen-bond acceptors (Lipinski definition) is 9. The zero-order chi connectivity index (χ0) is 40.8. The highest BCUT2D eigenvalue weighted by molar-refractivity contribution is 6.31. The fourth-order valence-corrected chi connectivity index (χ4v) is 9.93. The summed E-state index contributed by atoms with van der Waals surface area (Å²) in [5, 5.41) is 15.0. The summed E-state index contributed by atoms with van der Waals surface area (Å²) in [6, 6.07) is 19.0. The second kappa shape index (κ2) is 16.2. The molecule has 3 aromatic carbocycles. The van der Waals surface area contributed by atoms with Crippen molar-refractivity contribution in [1.82, 2.24) is 20.4 Å². The van der Waals surface area contributed by atoms with E-state index >= 15 is 0 Å². The Kier molecular flexibility index (Phi) is 10.6. The maximum absolute atomic E-state index is 13.3. The minimum atomic E-state index is -0.969. The van der Waals surface area contributed by atoms with E-state index in [0.29, 0.717) is 56.7 Å². The molecule has 4 heterocycles. The summed E-state index contributed by atoms with van der Waals surface area (Å²) in [5.74, 6) is 7.08. The Hall–Kier alpha value is -5.69. The SMILES string of the molecule is N#Cc1ccc(OC2C3CCC3C2NC(=O)c2ccc(C#CC3CCN(CC4CCN(c5ccc6c(c5)C(=O)N(C5CCC(=O)NC5=O)C6=O)CC4)CC3)cc2)cc1Cl. The molecule has 4 aliphatic heterocycles. The summed E-state index contributed by atoms with van der Waals surface area (Å²) in [6.45, 7) is 4.78. The van der Waals surface area contributed by atoms with Crippen LogP contribution in [0.4, 0.5) is 5.69 Å². The normalized spacial score (nSPS) is 25.7. The van der Waals surface area contributed by atoms with Crippen molar-refractivity contribution in [2.75, 3.05) is 37.6 Å². The molecule has 12 nitrogen and oxygen atoms in total. The van der Waals surface area contributed by atoms with Crippen molar-refractivity contribution >= 4 is 46.8 Å². The molecule has 0 spiro atoms. The molecule has 9 rings (SSSR count). The van der Waals surface area contributed by atoms with Crippen LogP contribution in [0.1, 0.15) is 93.6 Å². The van der Waals surface area contributed by atoms with Crippen LogP contribution in [0.3, 0.4) is 0 Å². The summed E-state index contributed by atoms with van der Waals surface area (Å²) < 4.78 is 6.26. The molecule has 6 aliphatic rings. The van der Waals surface area contributed by atoms with Gasteiger partial charge in [0.1, 0.15) is 24.0 Å². The van der Waals surface area contributed by atoms with Crippen molar-refractivity contribution in [3.8, 4) is 23.7 Å². The predicted molar refractivity (Wildman–Crippen MR) is 219 cm³/mol. The lowest BCUT2D eigenvalue weighted by Gasteiger charge is -2.58. The third-order valence-corrected chi connectivity index (χ3v) is 13.6. The Morgan fingerprint density at radius 3 is 2.29 bits per heavy atom. The Labute approximate surface area is 348 Å². The number of halogens is 1. The predicted octanol–water partition coefficient (Wildman–Crippen LogP) is 5.18. The first-order chi connectivity index (χ1) is 28.6. The van der Waals surface area contributed by atoms with Crippen LogP contribution in [0, 0.1) is 46.8 Å². The van der Waals surface area contributed by atoms with E-state index in [4.69, 9.17) is 16.3 Å². The number of nitrogens with one attached hydrogen (secondary N) is 2. The number of rotatable bonds is 8. The molecule has 13 heteroatoms. The van der Waals surface area contributed by atoms with E-state index < -0.39 is 29.7 Å². The van der Waals surface area contributed by atoms with Gasteiger partial charge < -0.3 is 19.9 Å². The summed E-state index contributed by atoms with van der Waals surface area (Å²) >= 11 is 6.22. The number of nitrogens with zero attached hydrogens (tertiary/aromatic N) is 4. The van der Waals surface area contributed by atoms with Crippen molar-refractivity contribution < 1.29 is 28.7 Å². The van der Waals surface area contributed by atoms with Gasteiger partial charge in [0, 0.05) is 60.8 Å². The number of imide groups is 2. The number of carbonyl (C=O) groups excluding carboxylic acids is 5. The number of amides is 5. The quantitative estimate of drug-likeness (QED) is 0.232. The molecule has 0 aromatic heterocycles. The summed E-state index contributed by atoms with van der Waals surface area (Å²) in [7, 11) is 0. The molecule has 3 aromatic rings. The maximum Gasteiger partial charge on any atom is 0.262 e. The number of ether oxygens (including phenoxy) is 1. The molecule has 5 unspecified atom stereocenters. The van der Waals surface area contributed by atoms with Gasteiger partial charge in [-0.2, -0.15) is 5.26 Å². The Morgan fingerprint density at radius 2 is 1.59 bits per heavy atom. The third kappa shape index (κ3) is 7.68. The average Bonchev–Trinajstić information content (AvgIpc) is 3.48. The summed E-state index contributed by atoms with van der Waals surface area (Å²) in [4.78, 5) is 69.6. The van der Waals surface area contributed by atoms with Crippen LogP contribution in [0.15, 0.2) is 60.7 Å². The van der Waals surface area contributed by atoms with Gasteiger partial charge in [-0.25, -0.2) is 0 Å². The van der Waals surface area contributed by atoms with Gasteiger partial charge in [0.25, 0.3) is 17.7 Å². The van der Waals surface area contributed by atoms with Crippen molar-refractivity contribution in [3.63, 3.8) is 0 Å². The molecule has 2 saturated carbocycles. The van der Waals surface area contributed by atoms with Crippen LogP contribution in [-0.2, 0) is 9.59 Å². The van der Waals surface area contributed by atoms with Crippen LogP contribution >= 0.6 is 11.6 Å². The van der Waals surface area contributed by atoms with Gasteiger partial charge in [0.2, 0.25) is 11.8 Å². The largest absolute Gasteiger partial charge is 0.488 e. The molecule has 3 saturated heterocycles. The van der Waals surface area contributed by atoms with Crippen molar-refractivity contribution in [2.24, 2.45) is 23.7 Å². The molecule has 5 fully saturated rings. The monoisotopic (exact) mass is 812 g/mol. The molecule has 302 valence electrons. The lowest BCUT2D eigenvalue weighted by atomic mass is 9.54.